The van der Waals surface area contributed by atoms with Crippen molar-refractivity contribution >= 4 is 21.7 Å². The third-order valence-corrected chi connectivity index (χ3v) is 6.61. The van der Waals surface area contributed by atoms with Crippen molar-refractivity contribution in [2.45, 2.75) is 11.8 Å². The molecule has 0 aliphatic rings. The summed E-state index contributed by atoms with van der Waals surface area (Å²) in [5.41, 5.74) is 2.41. The second kappa shape index (κ2) is 8.60. The summed E-state index contributed by atoms with van der Waals surface area (Å²) in [7, 11) is -2.25. The normalized spacial score (nSPS) is 11.2. The van der Waals surface area contributed by atoms with Gasteiger partial charge in [-0.05, 0) is 78.0 Å². The summed E-state index contributed by atoms with van der Waals surface area (Å²) < 4.78 is 33.7. The molecule has 4 rings (SSSR count). The molecule has 9 nitrogen and oxygen atoms in total. The lowest BCUT2D eigenvalue weighted by molar-refractivity contribution is 0.0735. The zero-order chi connectivity index (χ0) is 22.7. The van der Waals surface area contributed by atoms with Crippen LogP contribution in [-0.2, 0) is 10.0 Å². The molecule has 0 atom stereocenters. The molecule has 0 spiro atoms. The van der Waals surface area contributed by atoms with Gasteiger partial charge >= 0.3 is 5.97 Å². The molecule has 1 heterocycles. The largest absolute Gasteiger partial charge is 0.423 e. The van der Waals surface area contributed by atoms with Crippen molar-refractivity contribution in [2.75, 3.05) is 11.4 Å². The molecule has 3 aromatic carbocycles. The highest BCUT2D eigenvalue weighted by Crippen LogP contribution is 2.23. The smallest absolute Gasteiger partial charge is 0.343 e. The molecule has 0 aliphatic heterocycles. The molecule has 0 bridgehead atoms. The van der Waals surface area contributed by atoms with Gasteiger partial charge in [-0.25, -0.2) is 17.9 Å². The van der Waals surface area contributed by atoms with Gasteiger partial charge in [-0.1, -0.05) is 17.7 Å². The van der Waals surface area contributed by atoms with Crippen LogP contribution in [0.4, 0.5) is 5.69 Å². The molecule has 4 aromatic rings. The Kier molecular flexibility index (Phi) is 5.69. The van der Waals surface area contributed by atoms with E-state index in [0.29, 0.717) is 17.0 Å². The molecule has 0 unspecified atom stereocenters. The minimum absolute atomic E-state index is 0.194. The van der Waals surface area contributed by atoms with Crippen LogP contribution in [-0.4, -0.2) is 41.6 Å². The average molecular weight is 449 g/mol. The Morgan fingerprint density at radius 2 is 1.59 bits per heavy atom. The quantitative estimate of drug-likeness (QED) is 0.329. The maximum absolute atomic E-state index is 12.8. The van der Waals surface area contributed by atoms with Crippen LogP contribution in [0, 0.1) is 6.92 Å². The number of sulfonamides is 1. The number of carbonyl (C=O) groups is 1. The predicted octanol–water partition coefficient (Wildman–Crippen LogP) is 3.02. The summed E-state index contributed by atoms with van der Waals surface area (Å²) in [6.07, 6.45) is 1.46. The van der Waals surface area contributed by atoms with Crippen LogP contribution in [0.15, 0.2) is 84.0 Å². The van der Waals surface area contributed by atoms with Gasteiger partial charge in [-0.15, -0.1) is 5.10 Å². The number of carbonyl (C=O) groups excluding carboxylic acids is 1. The number of tetrazole rings is 1. The number of rotatable bonds is 6. The Labute approximate surface area is 184 Å². The number of ether oxygens (including phenoxy) is 1. The van der Waals surface area contributed by atoms with E-state index in [0.717, 1.165) is 11.3 Å². The first kappa shape index (κ1) is 21.2. The number of aryl methyl sites for hydroxylation is 1. The fourth-order valence-electron chi connectivity index (χ4n) is 2.93. The molecular formula is C22H19N5O4S. The van der Waals surface area contributed by atoms with Gasteiger partial charge in [0.15, 0.2) is 0 Å². The van der Waals surface area contributed by atoms with E-state index in [1.54, 1.807) is 60.7 Å². The van der Waals surface area contributed by atoms with Crippen molar-refractivity contribution < 1.29 is 17.9 Å². The van der Waals surface area contributed by atoms with E-state index in [1.807, 2.05) is 6.92 Å². The summed E-state index contributed by atoms with van der Waals surface area (Å²) in [5, 5.41) is 10.9. The zero-order valence-electron chi connectivity index (χ0n) is 17.3. The van der Waals surface area contributed by atoms with Gasteiger partial charge in [0.25, 0.3) is 10.0 Å². The van der Waals surface area contributed by atoms with E-state index >= 15 is 0 Å². The predicted molar refractivity (Wildman–Crippen MR) is 117 cm³/mol. The average Bonchev–Trinajstić information content (AvgIpc) is 3.34. The standard InChI is InChI=1S/C22H19N5O4S/c1-16-3-13-21(14-4-16)32(29,30)26(2)18-7-5-17(6-8-18)22(28)31-20-11-9-19(10-12-20)27-15-23-24-25-27/h3-15H,1-2H3. The molecule has 0 saturated heterocycles. The molecule has 0 N–H and O–H groups in total. The first-order valence-corrected chi connectivity index (χ1v) is 11.0. The number of esters is 1. The fourth-order valence-corrected chi connectivity index (χ4v) is 4.12. The number of benzene rings is 3. The maximum atomic E-state index is 12.8. The van der Waals surface area contributed by atoms with E-state index in [9.17, 15) is 13.2 Å². The minimum Gasteiger partial charge on any atom is -0.423 e. The van der Waals surface area contributed by atoms with Crippen molar-refractivity contribution in [1.82, 2.24) is 20.2 Å². The van der Waals surface area contributed by atoms with Crippen molar-refractivity contribution in [3.63, 3.8) is 0 Å². The third-order valence-electron chi connectivity index (χ3n) is 4.81. The summed E-state index contributed by atoms with van der Waals surface area (Å²) in [6.45, 7) is 1.89. The summed E-state index contributed by atoms with van der Waals surface area (Å²) in [6, 6.07) is 19.5. The molecule has 10 heteroatoms. The summed E-state index contributed by atoms with van der Waals surface area (Å²) >= 11 is 0. The fraction of sp³-hybridized carbons (Fsp3) is 0.0909. The van der Waals surface area contributed by atoms with E-state index in [2.05, 4.69) is 15.5 Å². The second-order valence-corrected chi connectivity index (χ2v) is 8.94. The first-order valence-electron chi connectivity index (χ1n) is 9.56. The van der Waals surface area contributed by atoms with E-state index < -0.39 is 16.0 Å². The lowest BCUT2D eigenvalue weighted by Crippen LogP contribution is -2.26. The molecule has 32 heavy (non-hydrogen) atoms. The van der Waals surface area contributed by atoms with Crippen LogP contribution in [0.25, 0.3) is 5.69 Å². The molecular weight excluding hydrogens is 430 g/mol. The van der Waals surface area contributed by atoms with Crippen LogP contribution in [0.1, 0.15) is 15.9 Å². The van der Waals surface area contributed by atoms with Gasteiger partial charge in [0.1, 0.15) is 12.1 Å². The van der Waals surface area contributed by atoms with Crippen LogP contribution >= 0.6 is 0 Å². The first-order chi connectivity index (χ1) is 15.3. The van der Waals surface area contributed by atoms with Gasteiger partial charge in [-0.3, -0.25) is 4.31 Å². The monoisotopic (exact) mass is 449 g/mol. The van der Waals surface area contributed by atoms with Gasteiger partial charge in [-0.2, -0.15) is 0 Å². The Morgan fingerprint density at radius 1 is 0.938 bits per heavy atom. The minimum atomic E-state index is -3.71. The highest BCUT2D eigenvalue weighted by atomic mass is 32.2. The zero-order valence-corrected chi connectivity index (χ0v) is 18.1. The summed E-state index contributed by atoms with van der Waals surface area (Å²) in [5.74, 6) is -0.203. The molecule has 162 valence electrons. The lowest BCUT2D eigenvalue weighted by atomic mass is 10.2. The molecule has 0 aliphatic carbocycles. The Balaban J connectivity index is 1.46. The number of nitrogens with zero attached hydrogens (tertiary/aromatic N) is 5. The van der Waals surface area contributed by atoms with Gasteiger partial charge in [0, 0.05) is 7.05 Å². The third kappa shape index (κ3) is 4.35. The molecule has 1 aromatic heterocycles. The molecule has 0 saturated carbocycles. The molecule has 0 fully saturated rings. The van der Waals surface area contributed by atoms with E-state index in [4.69, 9.17) is 4.74 Å². The number of hydrogen-bond donors (Lipinski definition) is 0. The van der Waals surface area contributed by atoms with Gasteiger partial charge in [0.05, 0.1) is 21.8 Å². The van der Waals surface area contributed by atoms with Crippen LogP contribution < -0.4 is 9.04 Å². The van der Waals surface area contributed by atoms with Crippen molar-refractivity contribution in [3.8, 4) is 11.4 Å². The summed E-state index contributed by atoms with van der Waals surface area (Å²) in [4.78, 5) is 12.7. The highest BCUT2D eigenvalue weighted by Gasteiger charge is 2.21. The highest BCUT2D eigenvalue weighted by molar-refractivity contribution is 7.92. The van der Waals surface area contributed by atoms with Crippen LogP contribution in [0.5, 0.6) is 5.75 Å². The van der Waals surface area contributed by atoms with Gasteiger partial charge < -0.3 is 4.74 Å². The van der Waals surface area contributed by atoms with Crippen LogP contribution in [0.3, 0.4) is 0 Å². The number of aromatic nitrogens is 4. The second-order valence-electron chi connectivity index (χ2n) is 6.97. The Morgan fingerprint density at radius 3 is 2.19 bits per heavy atom. The van der Waals surface area contributed by atoms with Crippen molar-refractivity contribution in [3.05, 3.63) is 90.3 Å². The Bertz CT molecular complexity index is 1320. The maximum Gasteiger partial charge on any atom is 0.343 e. The molecule has 0 radical (unpaired) electrons. The van der Waals surface area contributed by atoms with Crippen molar-refractivity contribution in [1.29, 1.82) is 0 Å². The van der Waals surface area contributed by atoms with Gasteiger partial charge in [0.2, 0.25) is 0 Å². The SMILES string of the molecule is Cc1ccc(S(=O)(=O)N(C)c2ccc(C(=O)Oc3ccc(-n4cnnn4)cc3)cc2)cc1. The van der Waals surface area contributed by atoms with Crippen molar-refractivity contribution in [2.24, 2.45) is 0 Å². The van der Waals surface area contributed by atoms with E-state index in [1.165, 1.54) is 34.5 Å². The Hall–Kier alpha value is -4.05. The molecule has 0 amide bonds. The number of hydrogen-bond acceptors (Lipinski definition) is 7. The van der Waals surface area contributed by atoms with Crippen LogP contribution in [0.2, 0.25) is 0 Å². The topological polar surface area (TPSA) is 107 Å². The van der Waals surface area contributed by atoms with E-state index in [-0.39, 0.29) is 4.90 Å². The number of anilines is 1. The lowest BCUT2D eigenvalue weighted by Gasteiger charge is -2.19.